The van der Waals surface area contributed by atoms with Crippen LogP contribution in [0.2, 0.25) is 0 Å². The number of nitrogens with one attached hydrogen (secondary N) is 1. The molecule has 37 heavy (non-hydrogen) atoms. The highest BCUT2D eigenvalue weighted by Crippen LogP contribution is 2.77. The van der Waals surface area contributed by atoms with Crippen molar-refractivity contribution in [3.63, 3.8) is 0 Å². The standard InChI is InChI=1S/C32H49NO4/c1-19(2)20-10-15-32(27(37)33-18-25(35)36)17-16-30(6)21(26(20)32)8-9-23-29(5)13-12-24(34)28(3,4)22(29)11-14-31(23,30)7/h20-23,26H,1,8-18H2,2-7H3,(H,33,37)(H,35,36)/t20-,21+,22-,23+,26+,29-,30+,31+,32-/m0/s1. The summed E-state index contributed by atoms with van der Waals surface area (Å²) in [4.78, 5) is 38.0. The number of allylic oxidation sites excluding steroid dienone is 1. The van der Waals surface area contributed by atoms with E-state index < -0.39 is 11.4 Å². The predicted octanol–water partition coefficient (Wildman–Crippen LogP) is 6.41. The minimum atomic E-state index is -0.983. The van der Waals surface area contributed by atoms with E-state index in [2.05, 4.69) is 53.4 Å². The van der Waals surface area contributed by atoms with Gasteiger partial charge in [0, 0.05) is 11.8 Å². The molecule has 5 nitrogen and oxygen atoms in total. The van der Waals surface area contributed by atoms with Gasteiger partial charge in [0.25, 0.3) is 0 Å². The van der Waals surface area contributed by atoms with Crippen LogP contribution in [0.5, 0.6) is 0 Å². The molecule has 0 heterocycles. The first-order valence-corrected chi connectivity index (χ1v) is 14.8. The van der Waals surface area contributed by atoms with E-state index in [0.717, 1.165) is 51.4 Å². The molecule has 0 aromatic heterocycles. The maximum atomic E-state index is 13.7. The van der Waals surface area contributed by atoms with Gasteiger partial charge in [-0.2, -0.15) is 0 Å². The number of aliphatic carboxylic acids is 1. The van der Waals surface area contributed by atoms with Crippen molar-refractivity contribution in [1.82, 2.24) is 5.32 Å². The summed E-state index contributed by atoms with van der Waals surface area (Å²) in [6, 6.07) is 0. The lowest BCUT2D eigenvalue weighted by atomic mass is 9.32. The monoisotopic (exact) mass is 511 g/mol. The highest BCUT2D eigenvalue weighted by atomic mass is 16.4. The zero-order valence-corrected chi connectivity index (χ0v) is 24.0. The van der Waals surface area contributed by atoms with E-state index in [-0.39, 0.29) is 40.0 Å². The van der Waals surface area contributed by atoms with Crippen LogP contribution in [0.1, 0.15) is 106 Å². The van der Waals surface area contributed by atoms with Crippen molar-refractivity contribution in [3.8, 4) is 0 Å². The fraction of sp³-hybridized carbons (Fsp3) is 0.844. The largest absolute Gasteiger partial charge is 0.480 e. The van der Waals surface area contributed by atoms with E-state index in [4.69, 9.17) is 0 Å². The molecule has 5 aliphatic carbocycles. The minimum Gasteiger partial charge on any atom is -0.480 e. The molecule has 5 rings (SSSR count). The number of rotatable bonds is 4. The first kappa shape index (κ1) is 26.9. The van der Waals surface area contributed by atoms with Crippen molar-refractivity contribution < 1.29 is 19.5 Å². The molecular formula is C32H49NO4. The fourth-order valence-electron chi connectivity index (χ4n) is 11.7. The number of carboxylic acids is 1. The molecule has 1 amide bonds. The molecule has 0 aliphatic heterocycles. The van der Waals surface area contributed by atoms with Crippen molar-refractivity contribution in [1.29, 1.82) is 0 Å². The van der Waals surface area contributed by atoms with Gasteiger partial charge in [-0.15, -0.1) is 0 Å². The lowest BCUT2D eigenvalue weighted by molar-refractivity contribution is -0.233. The molecule has 0 aromatic rings. The van der Waals surface area contributed by atoms with Crippen molar-refractivity contribution >= 4 is 17.7 Å². The third kappa shape index (κ3) is 3.43. The highest BCUT2D eigenvalue weighted by Gasteiger charge is 2.71. The van der Waals surface area contributed by atoms with E-state index in [1.54, 1.807) is 0 Å². The molecule has 9 atom stereocenters. The molecule has 5 heteroatoms. The van der Waals surface area contributed by atoms with Crippen LogP contribution in [0.15, 0.2) is 12.2 Å². The first-order chi connectivity index (χ1) is 17.1. The van der Waals surface area contributed by atoms with Gasteiger partial charge < -0.3 is 10.4 Å². The summed E-state index contributed by atoms with van der Waals surface area (Å²) in [7, 11) is 0. The summed E-state index contributed by atoms with van der Waals surface area (Å²) in [5, 5.41) is 12.1. The summed E-state index contributed by atoms with van der Waals surface area (Å²) in [5.74, 6) is 1.43. The van der Waals surface area contributed by atoms with E-state index in [9.17, 15) is 19.5 Å². The maximum absolute atomic E-state index is 13.7. The lowest BCUT2D eigenvalue weighted by Gasteiger charge is -2.72. The van der Waals surface area contributed by atoms with Crippen molar-refractivity contribution in [2.45, 2.75) is 106 Å². The van der Waals surface area contributed by atoms with Gasteiger partial charge in [-0.3, -0.25) is 14.4 Å². The Kier molecular flexibility index (Phi) is 6.13. The van der Waals surface area contributed by atoms with Gasteiger partial charge in [0.15, 0.2) is 0 Å². The number of amides is 1. The summed E-state index contributed by atoms with van der Waals surface area (Å²) in [6.07, 6.45) is 9.96. The Labute approximate surface area is 223 Å². The topological polar surface area (TPSA) is 83.5 Å². The highest BCUT2D eigenvalue weighted by molar-refractivity contribution is 5.87. The second-order valence-electron chi connectivity index (χ2n) is 15.1. The number of hydrogen-bond donors (Lipinski definition) is 2. The number of hydrogen-bond acceptors (Lipinski definition) is 3. The van der Waals surface area contributed by atoms with Crippen LogP contribution in [0.4, 0.5) is 0 Å². The summed E-state index contributed by atoms with van der Waals surface area (Å²) in [6.45, 7) is 18.2. The lowest BCUT2D eigenvalue weighted by Crippen LogP contribution is -2.67. The normalized spacial score (nSPS) is 48.2. The Morgan fingerprint density at radius 2 is 1.62 bits per heavy atom. The van der Waals surface area contributed by atoms with Gasteiger partial charge in [0.2, 0.25) is 5.91 Å². The van der Waals surface area contributed by atoms with Crippen molar-refractivity contribution in [2.75, 3.05) is 6.54 Å². The number of fused-ring (bicyclic) bond motifs is 7. The Hall–Kier alpha value is -1.65. The Morgan fingerprint density at radius 3 is 2.27 bits per heavy atom. The second kappa shape index (κ2) is 8.42. The van der Waals surface area contributed by atoms with Gasteiger partial charge in [-0.05, 0) is 111 Å². The van der Waals surface area contributed by atoms with Crippen LogP contribution in [-0.2, 0) is 14.4 Å². The number of carbonyl (C=O) groups excluding carboxylic acids is 2. The average Bonchev–Trinajstić information content (AvgIpc) is 3.22. The average molecular weight is 512 g/mol. The van der Waals surface area contributed by atoms with E-state index >= 15 is 0 Å². The Balaban J connectivity index is 1.53. The quantitative estimate of drug-likeness (QED) is 0.427. The zero-order valence-electron chi connectivity index (χ0n) is 24.0. The molecule has 0 radical (unpaired) electrons. The van der Waals surface area contributed by atoms with Crippen molar-refractivity contribution in [2.24, 2.45) is 56.7 Å². The first-order valence-electron chi connectivity index (χ1n) is 14.8. The molecule has 0 aromatic carbocycles. The van der Waals surface area contributed by atoms with Gasteiger partial charge in [-0.25, -0.2) is 0 Å². The maximum Gasteiger partial charge on any atom is 0.322 e. The third-order valence-corrected chi connectivity index (χ3v) is 13.7. The molecule has 0 spiro atoms. The van der Waals surface area contributed by atoms with Gasteiger partial charge in [-0.1, -0.05) is 46.8 Å². The smallest absolute Gasteiger partial charge is 0.322 e. The van der Waals surface area contributed by atoms with Crippen LogP contribution in [0.25, 0.3) is 0 Å². The van der Waals surface area contributed by atoms with Crippen LogP contribution >= 0.6 is 0 Å². The van der Waals surface area contributed by atoms with Crippen LogP contribution in [0, 0.1) is 56.7 Å². The summed E-state index contributed by atoms with van der Waals surface area (Å²) < 4.78 is 0. The molecule has 0 saturated heterocycles. The fourth-order valence-corrected chi connectivity index (χ4v) is 11.7. The number of ketones is 1. The van der Waals surface area contributed by atoms with E-state index in [1.165, 1.54) is 12.0 Å². The number of carbonyl (C=O) groups is 3. The molecule has 5 fully saturated rings. The van der Waals surface area contributed by atoms with Gasteiger partial charge >= 0.3 is 5.97 Å². The molecular weight excluding hydrogens is 462 g/mol. The molecule has 0 bridgehead atoms. The predicted molar refractivity (Wildman–Crippen MR) is 145 cm³/mol. The Bertz CT molecular complexity index is 1030. The molecule has 2 N–H and O–H groups in total. The van der Waals surface area contributed by atoms with Crippen molar-refractivity contribution in [3.05, 3.63) is 12.2 Å². The number of carboxylic acid groups (broad SMARTS) is 1. The number of Topliss-reactive ketones (excluding diaryl/α,β-unsaturated/α-hetero) is 1. The minimum absolute atomic E-state index is 0.0406. The molecule has 0 unspecified atom stereocenters. The van der Waals surface area contributed by atoms with Crippen LogP contribution in [0.3, 0.4) is 0 Å². The Morgan fingerprint density at radius 1 is 0.919 bits per heavy atom. The molecule has 206 valence electrons. The second-order valence-corrected chi connectivity index (χ2v) is 15.1. The SMILES string of the molecule is C=C(C)[C@@H]1CC[C@]2(C(=O)NCC(=O)O)CC[C@]3(C)[C@H](CC[C@@H]4[C@@]5(C)CCC(=O)C(C)(C)[C@@H]5CC[C@]43C)[C@@H]12. The van der Waals surface area contributed by atoms with E-state index in [1.807, 2.05) is 0 Å². The van der Waals surface area contributed by atoms with Gasteiger partial charge in [0.05, 0.1) is 5.41 Å². The van der Waals surface area contributed by atoms with E-state index in [0.29, 0.717) is 35.9 Å². The van der Waals surface area contributed by atoms with Crippen LogP contribution in [-0.4, -0.2) is 29.3 Å². The zero-order chi connectivity index (χ0) is 27.2. The summed E-state index contributed by atoms with van der Waals surface area (Å²) >= 11 is 0. The van der Waals surface area contributed by atoms with Gasteiger partial charge in [0.1, 0.15) is 12.3 Å². The van der Waals surface area contributed by atoms with Crippen LogP contribution < -0.4 is 5.32 Å². The molecule has 5 aliphatic rings. The summed E-state index contributed by atoms with van der Waals surface area (Å²) in [5.41, 5.74) is 0.921. The third-order valence-electron chi connectivity index (χ3n) is 13.7. The molecule has 5 saturated carbocycles.